The number of anilines is 2. The highest BCUT2D eigenvalue weighted by Crippen LogP contribution is 2.23. The van der Waals surface area contributed by atoms with Crippen LogP contribution >= 0.6 is 11.3 Å². The number of hydrogen-bond donors (Lipinski definition) is 2. The summed E-state index contributed by atoms with van der Waals surface area (Å²) >= 11 is 1.03. The summed E-state index contributed by atoms with van der Waals surface area (Å²) in [6.07, 6.45) is 4.07. The van der Waals surface area contributed by atoms with Crippen LogP contribution in [0.1, 0.15) is 22.5 Å². The molecule has 27 heavy (non-hydrogen) atoms. The maximum Gasteiger partial charge on any atom is 0.349 e. The summed E-state index contributed by atoms with van der Waals surface area (Å²) in [5, 5.41) is 12.6. The Morgan fingerprint density at radius 2 is 2.11 bits per heavy atom. The minimum atomic E-state index is -3.80. The molecule has 1 fully saturated rings. The number of aromatic nitrogens is 2. The van der Waals surface area contributed by atoms with Gasteiger partial charge in [0.2, 0.25) is 10.0 Å². The van der Waals surface area contributed by atoms with E-state index in [0.29, 0.717) is 12.4 Å². The molecule has 0 radical (unpaired) electrons. The van der Waals surface area contributed by atoms with Gasteiger partial charge in [0.1, 0.15) is 9.77 Å². The Hall–Kier alpha value is -2.24. The summed E-state index contributed by atoms with van der Waals surface area (Å²) in [4.78, 5) is 13.9. The third-order valence-electron chi connectivity index (χ3n) is 4.12. The lowest BCUT2D eigenvalue weighted by Crippen LogP contribution is -2.29. The molecule has 3 rings (SSSR count). The predicted molar refractivity (Wildman–Crippen MR) is 103 cm³/mol. The van der Waals surface area contributed by atoms with Gasteiger partial charge >= 0.3 is 5.97 Å². The molecule has 0 aromatic carbocycles. The van der Waals surface area contributed by atoms with E-state index >= 15 is 0 Å². The molecule has 0 aliphatic carbocycles. The molecule has 146 valence electrons. The van der Waals surface area contributed by atoms with Crippen LogP contribution in [0.4, 0.5) is 11.5 Å². The van der Waals surface area contributed by atoms with E-state index in [2.05, 4.69) is 29.9 Å². The summed E-state index contributed by atoms with van der Waals surface area (Å²) in [5.74, 6) is -0.0816. The zero-order valence-corrected chi connectivity index (χ0v) is 16.5. The summed E-state index contributed by atoms with van der Waals surface area (Å²) in [6, 6.07) is 3.29. The lowest BCUT2D eigenvalue weighted by Gasteiger charge is -2.17. The number of sulfonamides is 1. The van der Waals surface area contributed by atoms with Crippen LogP contribution < -0.4 is 14.9 Å². The Bertz CT molecular complexity index is 894. The lowest BCUT2D eigenvalue weighted by atomic mass is 10.4. The fraction of sp³-hybridized carbons (Fsp3) is 0.438. The molecule has 0 bridgehead atoms. The maximum absolute atomic E-state index is 12.4. The number of nitrogens with zero attached hydrogens (tertiary/aromatic N) is 3. The molecule has 0 atom stereocenters. The van der Waals surface area contributed by atoms with Gasteiger partial charge in [-0.2, -0.15) is 5.10 Å². The van der Waals surface area contributed by atoms with E-state index in [9.17, 15) is 13.2 Å². The molecule has 1 aliphatic rings. The zero-order chi connectivity index (χ0) is 19.3. The molecular weight excluding hydrogens is 390 g/mol. The second-order valence-corrected chi connectivity index (χ2v) is 8.57. The van der Waals surface area contributed by atoms with Crippen molar-refractivity contribution in [3.05, 3.63) is 28.6 Å². The predicted octanol–water partition coefficient (Wildman–Crippen LogP) is 1.32. The molecule has 0 spiro atoms. The molecule has 2 N–H and O–H groups in total. The smallest absolute Gasteiger partial charge is 0.349 e. The quantitative estimate of drug-likeness (QED) is 0.494. The normalized spacial score (nSPS) is 14.3. The topological polar surface area (TPSA) is 114 Å². The van der Waals surface area contributed by atoms with E-state index in [1.807, 2.05) is 6.07 Å². The summed E-state index contributed by atoms with van der Waals surface area (Å²) in [6.45, 7) is 2.48. The number of thiophene rings is 1. The Morgan fingerprint density at radius 1 is 1.33 bits per heavy atom. The first-order valence-corrected chi connectivity index (χ1v) is 10.8. The van der Waals surface area contributed by atoms with Gasteiger partial charge in [0, 0.05) is 32.2 Å². The van der Waals surface area contributed by atoms with Crippen molar-refractivity contribution in [2.75, 3.05) is 43.5 Å². The SMILES string of the molecule is COC(=O)c1sccc1S(=O)(=O)NCCNc1cc(N2CCCC2)cnn1. The van der Waals surface area contributed by atoms with Gasteiger partial charge in [-0.1, -0.05) is 0 Å². The van der Waals surface area contributed by atoms with Gasteiger partial charge < -0.3 is 15.0 Å². The molecule has 0 unspecified atom stereocenters. The van der Waals surface area contributed by atoms with Crippen LogP contribution in [0.5, 0.6) is 0 Å². The van der Waals surface area contributed by atoms with Gasteiger partial charge in [-0.15, -0.1) is 16.4 Å². The van der Waals surface area contributed by atoms with Crippen molar-refractivity contribution in [2.45, 2.75) is 17.7 Å². The number of carbonyl (C=O) groups is 1. The molecule has 1 aliphatic heterocycles. The van der Waals surface area contributed by atoms with Crippen molar-refractivity contribution >= 4 is 38.8 Å². The van der Waals surface area contributed by atoms with E-state index in [-0.39, 0.29) is 16.3 Å². The number of carbonyl (C=O) groups excluding carboxylic acids is 1. The lowest BCUT2D eigenvalue weighted by molar-refractivity contribution is 0.0602. The number of methoxy groups -OCH3 is 1. The standard InChI is InChI=1S/C16H21N5O4S2/c1-25-16(22)15-13(4-9-26-15)27(23,24)19-6-5-17-14-10-12(11-18-20-14)21-7-2-3-8-21/h4,9-11,19H,2-3,5-8H2,1H3,(H,17,20). The van der Waals surface area contributed by atoms with Gasteiger partial charge in [-0.05, 0) is 24.3 Å². The minimum absolute atomic E-state index is 0.0575. The van der Waals surface area contributed by atoms with Crippen LogP contribution in [0.25, 0.3) is 0 Å². The molecule has 0 amide bonds. The maximum atomic E-state index is 12.4. The van der Waals surface area contributed by atoms with Gasteiger partial charge in [-0.3, -0.25) is 0 Å². The van der Waals surface area contributed by atoms with E-state index < -0.39 is 16.0 Å². The van der Waals surface area contributed by atoms with Crippen LogP contribution in [0, 0.1) is 0 Å². The second kappa shape index (κ2) is 8.63. The molecule has 9 nitrogen and oxygen atoms in total. The largest absolute Gasteiger partial charge is 0.465 e. The van der Waals surface area contributed by atoms with E-state index in [1.54, 1.807) is 11.6 Å². The number of esters is 1. The average molecular weight is 412 g/mol. The van der Waals surface area contributed by atoms with Crippen molar-refractivity contribution in [1.82, 2.24) is 14.9 Å². The van der Waals surface area contributed by atoms with Crippen molar-refractivity contribution in [3.63, 3.8) is 0 Å². The first-order valence-electron chi connectivity index (χ1n) is 8.48. The van der Waals surface area contributed by atoms with Gasteiger partial charge in [0.15, 0.2) is 5.82 Å². The molecule has 2 aromatic rings. The third-order valence-corrected chi connectivity index (χ3v) is 6.65. The first kappa shape index (κ1) is 19.5. The Balaban J connectivity index is 1.55. The van der Waals surface area contributed by atoms with Gasteiger partial charge in [-0.25, -0.2) is 17.9 Å². The van der Waals surface area contributed by atoms with Crippen LogP contribution in [0.15, 0.2) is 28.6 Å². The number of rotatable bonds is 8. The molecule has 2 aromatic heterocycles. The fourth-order valence-electron chi connectivity index (χ4n) is 2.80. The molecule has 0 saturated carbocycles. The number of ether oxygens (including phenoxy) is 1. The minimum Gasteiger partial charge on any atom is -0.465 e. The van der Waals surface area contributed by atoms with Crippen LogP contribution in [-0.4, -0.2) is 57.9 Å². The van der Waals surface area contributed by atoms with Gasteiger partial charge in [0.25, 0.3) is 0 Å². The van der Waals surface area contributed by atoms with Crippen molar-refractivity contribution in [1.29, 1.82) is 0 Å². The third kappa shape index (κ3) is 4.73. The Kier molecular flexibility index (Phi) is 6.24. The summed E-state index contributed by atoms with van der Waals surface area (Å²) < 4.78 is 31.9. The highest BCUT2D eigenvalue weighted by Gasteiger charge is 2.24. The highest BCUT2D eigenvalue weighted by molar-refractivity contribution is 7.89. The molecule has 3 heterocycles. The number of hydrogen-bond acceptors (Lipinski definition) is 9. The van der Waals surface area contributed by atoms with E-state index in [0.717, 1.165) is 30.1 Å². The van der Waals surface area contributed by atoms with Crippen LogP contribution in [0.2, 0.25) is 0 Å². The molecular formula is C16H21N5O4S2. The van der Waals surface area contributed by atoms with Crippen LogP contribution in [-0.2, 0) is 14.8 Å². The van der Waals surface area contributed by atoms with E-state index in [4.69, 9.17) is 0 Å². The van der Waals surface area contributed by atoms with Crippen molar-refractivity contribution in [2.24, 2.45) is 0 Å². The number of nitrogens with one attached hydrogen (secondary N) is 2. The monoisotopic (exact) mass is 411 g/mol. The average Bonchev–Trinajstić information content (AvgIpc) is 3.37. The highest BCUT2D eigenvalue weighted by atomic mass is 32.2. The van der Waals surface area contributed by atoms with Crippen molar-refractivity contribution < 1.29 is 17.9 Å². The zero-order valence-electron chi connectivity index (χ0n) is 14.8. The molecule has 1 saturated heterocycles. The van der Waals surface area contributed by atoms with Gasteiger partial charge in [0.05, 0.1) is 19.0 Å². The molecule has 11 heteroatoms. The first-order chi connectivity index (χ1) is 13.0. The van der Waals surface area contributed by atoms with Crippen molar-refractivity contribution in [3.8, 4) is 0 Å². The summed E-state index contributed by atoms with van der Waals surface area (Å²) in [5.41, 5.74) is 1.01. The Morgan fingerprint density at radius 3 is 2.85 bits per heavy atom. The summed E-state index contributed by atoms with van der Waals surface area (Å²) in [7, 11) is -2.59. The second-order valence-electron chi connectivity index (χ2n) is 5.92. The Labute approximate surface area is 161 Å². The fourth-order valence-corrected chi connectivity index (χ4v) is 5.16. The van der Waals surface area contributed by atoms with E-state index in [1.165, 1.54) is 26.0 Å². The van der Waals surface area contributed by atoms with Crippen LogP contribution in [0.3, 0.4) is 0 Å².